The molecule has 0 radical (unpaired) electrons. The fourth-order valence-electron chi connectivity index (χ4n) is 2.71. The first-order chi connectivity index (χ1) is 9.81. The van der Waals surface area contributed by atoms with Crippen LogP contribution in [0.25, 0.3) is 0 Å². The van der Waals surface area contributed by atoms with Crippen LogP contribution in [-0.2, 0) is 13.0 Å². The molecule has 1 N–H and O–H groups in total. The molecule has 1 unspecified atom stereocenters. The van der Waals surface area contributed by atoms with Gasteiger partial charge in [0.1, 0.15) is 5.82 Å². The van der Waals surface area contributed by atoms with E-state index in [9.17, 15) is 0 Å². The largest absolute Gasteiger partial charge is 0.335 e. The highest BCUT2D eigenvalue weighted by molar-refractivity contribution is 4.95. The zero-order valence-electron chi connectivity index (χ0n) is 13.7. The molecule has 116 valence electrons. The molecule has 0 aromatic carbocycles. The van der Waals surface area contributed by atoms with Gasteiger partial charge >= 0.3 is 0 Å². The summed E-state index contributed by atoms with van der Waals surface area (Å²) in [7, 11) is 2.08. The highest BCUT2D eigenvalue weighted by atomic mass is 15.1. The van der Waals surface area contributed by atoms with Crippen LogP contribution in [0.15, 0.2) is 12.4 Å². The van der Waals surface area contributed by atoms with Gasteiger partial charge in [-0.1, -0.05) is 52.4 Å². The minimum Gasteiger partial charge on any atom is -0.335 e. The summed E-state index contributed by atoms with van der Waals surface area (Å²) in [5, 5.41) is 3.46. The van der Waals surface area contributed by atoms with E-state index in [1.807, 2.05) is 6.20 Å². The van der Waals surface area contributed by atoms with Gasteiger partial charge in [0.15, 0.2) is 0 Å². The molecule has 0 bridgehead atoms. The third-order valence-corrected chi connectivity index (χ3v) is 4.01. The summed E-state index contributed by atoms with van der Waals surface area (Å²) >= 11 is 0. The van der Waals surface area contributed by atoms with Gasteiger partial charge in [0.25, 0.3) is 0 Å². The lowest BCUT2D eigenvalue weighted by atomic mass is 10.0. The maximum Gasteiger partial charge on any atom is 0.110 e. The van der Waals surface area contributed by atoms with E-state index < -0.39 is 0 Å². The van der Waals surface area contributed by atoms with Gasteiger partial charge in [0.05, 0.1) is 0 Å². The van der Waals surface area contributed by atoms with Crippen molar-refractivity contribution in [2.75, 3.05) is 7.05 Å². The predicted octanol–water partition coefficient (Wildman–Crippen LogP) is 4.17. The molecule has 1 heterocycles. The lowest BCUT2D eigenvalue weighted by molar-refractivity contribution is 0.463. The molecule has 0 amide bonds. The molecule has 1 atom stereocenters. The number of aryl methyl sites for hydroxylation is 1. The number of imidazole rings is 1. The SMILES string of the molecule is CCCCCCCCC(Cc1nccn1CCC)NC. The topological polar surface area (TPSA) is 29.9 Å². The van der Waals surface area contributed by atoms with E-state index in [4.69, 9.17) is 0 Å². The fraction of sp³-hybridized carbons (Fsp3) is 0.824. The second kappa shape index (κ2) is 10.9. The Morgan fingerprint density at radius 3 is 2.55 bits per heavy atom. The average molecular weight is 279 g/mol. The lowest BCUT2D eigenvalue weighted by Gasteiger charge is -2.16. The summed E-state index contributed by atoms with van der Waals surface area (Å²) in [6.45, 7) is 5.58. The molecule has 1 aromatic heterocycles. The summed E-state index contributed by atoms with van der Waals surface area (Å²) in [5.41, 5.74) is 0. The first-order valence-electron chi connectivity index (χ1n) is 8.49. The maximum absolute atomic E-state index is 4.51. The molecule has 0 saturated carbocycles. The lowest BCUT2D eigenvalue weighted by Crippen LogP contribution is -2.28. The van der Waals surface area contributed by atoms with Crippen molar-refractivity contribution in [1.82, 2.24) is 14.9 Å². The molecule has 1 rings (SSSR count). The zero-order valence-corrected chi connectivity index (χ0v) is 13.7. The molecule has 0 saturated heterocycles. The van der Waals surface area contributed by atoms with E-state index in [1.54, 1.807) is 0 Å². The van der Waals surface area contributed by atoms with E-state index in [0.717, 1.165) is 13.0 Å². The van der Waals surface area contributed by atoms with Crippen molar-refractivity contribution in [3.8, 4) is 0 Å². The number of likely N-dealkylation sites (N-methyl/N-ethyl adjacent to an activating group) is 1. The number of rotatable bonds is 12. The molecule has 3 heteroatoms. The second-order valence-electron chi connectivity index (χ2n) is 5.78. The number of aromatic nitrogens is 2. The standard InChI is InChI=1S/C17H33N3/c1-4-6-7-8-9-10-11-16(18-3)15-17-19-12-14-20(17)13-5-2/h12,14,16,18H,4-11,13,15H2,1-3H3. The highest BCUT2D eigenvalue weighted by Crippen LogP contribution is 2.11. The van der Waals surface area contributed by atoms with E-state index in [1.165, 1.54) is 57.2 Å². The van der Waals surface area contributed by atoms with Crippen LogP contribution in [0.4, 0.5) is 0 Å². The second-order valence-corrected chi connectivity index (χ2v) is 5.78. The van der Waals surface area contributed by atoms with E-state index >= 15 is 0 Å². The number of nitrogens with zero attached hydrogens (tertiary/aromatic N) is 2. The Kier molecular flexibility index (Phi) is 9.38. The Bertz CT molecular complexity index is 333. The van der Waals surface area contributed by atoms with Crippen LogP contribution >= 0.6 is 0 Å². The number of hydrogen-bond acceptors (Lipinski definition) is 2. The summed E-state index contributed by atoms with van der Waals surface area (Å²) in [6.07, 6.45) is 15.8. The molecular weight excluding hydrogens is 246 g/mol. The minimum absolute atomic E-state index is 0.569. The molecule has 0 aliphatic carbocycles. The van der Waals surface area contributed by atoms with Crippen molar-refractivity contribution in [2.45, 2.75) is 84.2 Å². The van der Waals surface area contributed by atoms with Gasteiger partial charge in [0, 0.05) is 31.4 Å². The normalized spacial score (nSPS) is 12.8. The van der Waals surface area contributed by atoms with E-state index in [0.29, 0.717) is 6.04 Å². The van der Waals surface area contributed by atoms with Crippen molar-refractivity contribution in [1.29, 1.82) is 0 Å². The maximum atomic E-state index is 4.51. The fourth-order valence-corrected chi connectivity index (χ4v) is 2.71. The molecule has 3 nitrogen and oxygen atoms in total. The summed E-state index contributed by atoms with van der Waals surface area (Å²) < 4.78 is 2.30. The van der Waals surface area contributed by atoms with Crippen molar-refractivity contribution in [3.63, 3.8) is 0 Å². The molecule has 0 spiro atoms. The minimum atomic E-state index is 0.569. The number of unbranched alkanes of at least 4 members (excludes halogenated alkanes) is 5. The van der Waals surface area contributed by atoms with Gasteiger partial charge in [-0.2, -0.15) is 0 Å². The number of nitrogens with one attached hydrogen (secondary N) is 1. The summed E-state index contributed by atoms with van der Waals surface area (Å²) in [4.78, 5) is 4.51. The van der Waals surface area contributed by atoms with Crippen LogP contribution in [0, 0.1) is 0 Å². The van der Waals surface area contributed by atoms with Crippen molar-refractivity contribution >= 4 is 0 Å². The first-order valence-corrected chi connectivity index (χ1v) is 8.49. The van der Waals surface area contributed by atoms with Crippen molar-refractivity contribution in [3.05, 3.63) is 18.2 Å². The van der Waals surface area contributed by atoms with E-state index in [2.05, 4.69) is 42.0 Å². The Morgan fingerprint density at radius 2 is 1.85 bits per heavy atom. The molecular formula is C17H33N3. The van der Waals surface area contributed by atoms with Crippen LogP contribution in [-0.4, -0.2) is 22.6 Å². The van der Waals surface area contributed by atoms with Gasteiger partial charge in [-0.3, -0.25) is 0 Å². The predicted molar refractivity (Wildman–Crippen MR) is 87.1 cm³/mol. The number of hydrogen-bond donors (Lipinski definition) is 1. The molecule has 1 aromatic rings. The van der Waals surface area contributed by atoms with Gasteiger partial charge in [-0.25, -0.2) is 4.98 Å². The Hall–Kier alpha value is -0.830. The van der Waals surface area contributed by atoms with Gasteiger partial charge in [0.2, 0.25) is 0 Å². The zero-order chi connectivity index (χ0) is 14.6. The van der Waals surface area contributed by atoms with Crippen molar-refractivity contribution < 1.29 is 0 Å². The quantitative estimate of drug-likeness (QED) is 0.582. The molecule has 0 aliphatic rings. The van der Waals surface area contributed by atoms with Crippen LogP contribution in [0.5, 0.6) is 0 Å². The third-order valence-electron chi connectivity index (χ3n) is 4.01. The monoisotopic (exact) mass is 279 g/mol. The van der Waals surface area contributed by atoms with Gasteiger partial charge in [-0.15, -0.1) is 0 Å². The van der Waals surface area contributed by atoms with Crippen LogP contribution in [0.3, 0.4) is 0 Å². The average Bonchev–Trinajstić information content (AvgIpc) is 2.89. The van der Waals surface area contributed by atoms with Crippen LogP contribution in [0.1, 0.15) is 71.0 Å². The van der Waals surface area contributed by atoms with Crippen molar-refractivity contribution in [2.24, 2.45) is 0 Å². The van der Waals surface area contributed by atoms with Crippen LogP contribution in [0.2, 0.25) is 0 Å². The Labute approximate surface area is 125 Å². The van der Waals surface area contributed by atoms with Crippen LogP contribution < -0.4 is 5.32 Å². The highest BCUT2D eigenvalue weighted by Gasteiger charge is 2.11. The molecule has 20 heavy (non-hydrogen) atoms. The summed E-state index contributed by atoms with van der Waals surface area (Å²) in [5.74, 6) is 1.23. The smallest absolute Gasteiger partial charge is 0.110 e. The Morgan fingerprint density at radius 1 is 1.10 bits per heavy atom. The first kappa shape index (κ1) is 17.2. The molecule has 0 aliphatic heterocycles. The molecule has 0 fully saturated rings. The third kappa shape index (κ3) is 6.56. The van der Waals surface area contributed by atoms with Gasteiger partial charge < -0.3 is 9.88 Å². The van der Waals surface area contributed by atoms with E-state index in [-0.39, 0.29) is 0 Å². The Balaban J connectivity index is 2.26. The van der Waals surface area contributed by atoms with Gasteiger partial charge in [-0.05, 0) is 19.9 Å². The summed E-state index contributed by atoms with van der Waals surface area (Å²) in [6, 6.07) is 0.569.